The van der Waals surface area contributed by atoms with Crippen LogP contribution in [0.25, 0.3) is 22.1 Å². The summed E-state index contributed by atoms with van der Waals surface area (Å²) >= 11 is 0. The Morgan fingerprint density at radius 3 is 2.38 bits per heavy atom. The highest BCUT2D eigenvalue weighted by Gasteiger charge is 2.28. The largest absolute Gasteiger partial charge is 0.435 e. The zero-order valence-corrected chi connectivity index (χ0v) is 16.4. The molecule has 3 heterocycles. The number of aromatic nitrogens is 1. The van der Waals surface area contributed by atoms with Crippen LogP contribution in [0.3, 0.4) is 0 Å². The Morgan fingerprint density at radius 1 is 1.00 bits per heavy atom. The normalized spacial score (nSPS) is 17.6. The van der Waals surface area contributed by atoms with Crippen LogP contribution in [0.15, 0.2) is 41.1 Å². The van der Waals surface area contributed by atoms with Gasteiger partial charge >= 0.3 is 0 Å². The average Bonchev–Trinajstić information content (AvgIpc) is 3.14. The molecule has 2 aromatic heterocycles. The Labute approximate surface area is 155 Å². The minimum Gasteiger partial charge on any atom is -0.435 e. The summed E-state index contributed by atoms with van der Waals surface area (Å²) in [6.07, 6.45) is 4.59. The quantitative estimate of drug-likeness (QED) is 0.602. The summed E-state index contributed by atoms with van der Waals surface area (Å²) in [7, 11) is 0. The van der Waals surface area contributed by atoms with Crippen LogP contribution in [0.4, 0.5) is 5.69 Å². The fraction of sp³-hybridized carbons (Fsp3) is 0.409. The van der Waals surface area contributed by atoms with Crippen LogP contribution in [0.5, 0.6) is 0 Å². The number of hydrogen-bond acceptors (Lipinski definition) is 4. The van der Waals surface area contributed by atoms with E-state index < -0.39 is 0 Å². The molecule has 0 unspecified atom stereocenters. The zero-order chi connectivity index (χ0) is 18.6. The van der Waals surface area contributed by atoms with Crippen molar-refractivity contribution in [3.8, 4) is 0 Å². The van der Waals surface area contributed by atoms with Crippen molar-refractivity contribution in [2.75, 3.05) is 4.90 Å². The number of benzene rings is 1. The Kier molecular flexibility index (Phi) is 3.94. The number of hydrogen-bond donors (Lipinski definition) is 0. The molecule has 1 aromatic carbocycles. The van der Waals surface area contributed by atoms with Gasteiger partial charge in [0.25, 0.3) is 0 Å². The van der Waals surface area contributed by atoms with E-state index in [1.54, 1.807) is 0 Å². The van der Waals surface area contributed by atoms with E-state index in [1.165, 1.54) is 5.56 Å². The van der Waals surface area contributed by atoms with Crippen LogP contribution in [0.2, 0.25) is 0 Å². The molecule has 1 aliphatic heterocycles. The van der Waals surface area contributed by atoms with Gasteiger partial charge < -0.3 is 14.2 Å². The van der Waals surface area contributed by atoms with Gasteiger partial charge in [-0.25, -0.2) is 4.98 Å². The molecule has 4 heteroatoms. The SMILES string of the molecule is Cc1ccc2c(oc3nc(C(C)C)ccc32)c1N1C=CN(C(C)C)[C@@H]1C. The molecule has 0 saturated carbocycles. The highest BCUT2D eigenvalue weighted by atomic mass is 16.3. The lowest BCUT2D eigenvalue weighted by atomic mass is 10.1. The van der Waals surface area contributed by atoms with E-state index in [-0.39, 0.29) is 6.17 Å². The molecule has 0 radical (unpaired) electrons. The van der Waals surface area contributed by atoms with Gasteiger partial charge in [-0.2, -0.15) is 0 Å². The Bertz CT molecular complexity index is 999. The van der Waals surface area contributed by atoms with Gasteiger partial charge in [0.15, 0.2) is 5.58 Å². The zero-order valence-electron chi connectivity index (χ0n) is 16.4. The number of aryl methyl sites for hydroxylation is 1. The molecule has 1 atom stereocenters. The van der Waals surface area contributed by atoms with Crippen molar-refractivity contribution in [2.45, 2.75) is 59.7 Å². The first-order chi connectivity index (χ1) is 12.4. The van der Waals surface area contributed by atoms with Crippen molar-refractivity contribution in [1.29, 1.82) is 0 Å². The van der Waals surface area contributed by atoms with E-state index >= 15 is 0 Å². The smallest absolute Gasteiger partial charge is 0.227 e. The minimum atomic E-state index is 0.256. The van der Waals surface area contributed by atoms with Gasteiger partial charge in [-0.3, -0.25) is 0 Å². The molecule has 26 heavy (non-hydrogen) atoms. The van der Waals surface area contributed by atoms with Crippen molar-refractivity contribution >= 4 is 27.8 Å². The molecule has 0 bridgehead atoms. The highest BCUT2D eigenvalue weighted by molar-refractivity contribution is 6.08. The maximum absolute atomic E-state index is 6.31. The fourth-order valence-electron chi connectivity index (χ4n) is 3.87. The van der Waals surface area contributed by atoms with Gasteiger partial charge in [-0.1, -0.05) is 26.0 Å². The summed E-state index contributed by atoms with van der Waals surface area (Å²) in [6, 6.07) is 9.05. The van der Waals surface area contributed by atoms with Crippen LogP contribution in [-0.4, -0.2) is 22.1 Å². The lowest BCUT2D eigenvalue weighted by Gasteiger charge is -2.33. The molecule has 3 aromatic rings. The maximum atomic E-state index is 6.31. The standard InChI is InChI=1S/C22H27N3O/c1-13(2)19-10-9-18-17-8-7-15(5)20(21(17)26-22(18)23-19)25-12-11-24(14(3)4)16(25)6/h7-14,16H,1-6H3/t16-/m0/s1. The van der Waals surface area contributed by atoms with Gasteiger partial charge in [0.2, 0.25) is 5.71 Å². The van der Waals surface area contributed by atoms with Gasteiger partial charge in [0, 0.05) is 34.9 Å². The monoisotopic (exact) mass is 349 g/mol. The molecule has 0 aliphatic carbocycles. The fourth-order valence-corrected chi connectivity index (χ4v) is 3.87. The summed E-state index contributed by atoms with van der Waals surface area (Å²) in [5.74, 6) is 0.384. The van der Waals surface area contributed by atoms with Crippen molar-refractivity contribution in [3.63, 3.8) is 0 Å². The first kappa shape index (κ1) is 17.0. The summed E-state index contributed by atoms with van der Waals surface area (Å²) in [5, 5.41) is 2.22. The topological polar surface area (TPSA) is 32.5 Å². The molecule has 136 valence electrons. The highest BCUT2D eigenvalue weighted by Crippen LogP contribution is 2.39. The molecule has 4 nitrogen and oxygen atoms in total. The molecular weight excluding hydrogens is 322 g/mol. The molecule has 0 fully saturated rings. The van der Waals surface area contributed by atoms with Crippen molar-refractivity contribution in [3.05, 3.63) is 47.9 Å². The van der Waals surface area contributed by atoms with Crippen LogP contribution in [0.1, 0.15) is 51.8 Å². The summed E-state index contributed by atoms with van der Waals surface area (Å²) in [6.45, 7) is 13.1. The number of furan rings is 1. The second-order valence-corrected chi connectivity index (χ2v) is 7.83. The van der Waals surface area contributed by atoms with Gasteiger partial charge in [-0.15, -0.1) is 0 Å². The second-order valence-electron chi connectivity index (χ2n) is 7.83. The van der Waals surface area contributed by atoms with Crippen molar-refractivity contribution in [2.24, 2.45) is 0 Å². The molecule has 0 spiro atoms. The third kappa shape index (κ3) is 2.47. The number of fused-ring (bicyclic) bond motifs is 3. The van der Waals surface area contributed by atoms with Gasteiger partial charge in [0.1, 0.15) is 6.17 Å². The molecule has 4 rings (SSSR count). The minimum absolute atomic E-state index is 0.256. The van der Waals surface area contributed by atoms with E-state index in [0.717, 1.165) is 33.5 Å². The number of rotatable bonds is 3. The Hall–Kier alpha value is -2.49. The lowest BCUT2D eigenvalue weighted by molar-refractivity contribution is 0.263. The Balaban J connectivity index is 1.91. The van der Waals surface area contributed by atoms with Crippen molar-refractivity contribution in [1.82, 2.24) is 9.88 Å². The Morgan fingerprint density at radius 2 is 1.73 bits per heavy atom. The molecule has 0 saturated heterocycles. The first-order valence-electron chi connectivity index (χ1n) is 9.45. The van der Waals surface area contributed by atoms with Crippen LogP contribution < -0.4 is 4.90 Å². The maximum Gasteiger partial charge on any atom is 0.227 e. The molecule has 1 aliphatic rings. The third-order valence-corrected chi connectivity index (χ3v) is 5.38. The second kappa shape index (κ2) is 6.04. The van der Waals surface area contributed by atoms with Crippen molar-refractivity contribution < 1.29 is 4.42 Å². The van der Waals surface area contributed by atoms with E-state index in [0.29, 0.717) is 12.0 Å². The first-order valence-corrected chi connectivity index (χ1v) is 9.45. The molecular formula is C22H27N3O. The third-order valence-electron chi connectivity index (χ3n) is 5.38. The van der Waals surface area contributed by atoms with E-state index in [1.807, 2.05) is 0 Å². The van der Waals surface area contributed by atoms with Crippen LogP contribution >= 0.6 is 0 Å². The van der Waals surface area contributed by atoms with Crippen LogP contribution in [0, 0.1) is 6.92 Å². The van der Waals surface area contributed by atoms with E-state index in [2.05, 4.69) is 88.0 Å². The molecule has 0 N–H and O–H groups in total. The van der Waals surface area contributed by atoms with E-state index in [4.69, 9.17) is 9.40 Å². The van der Waals surface area contributed by atoms with Gasteiger partial charge in [-0.05, 0) is 51.3 Å². The number of pyridine rings is 1. The molecule has 0 amide bonds. The predicted molar refractivity (Wildman–Crippen MR) is 108 cm³/mol. The summed E-state index contributed by atoms with van der Waals surface area (Å²) in [5.41, 5.74) is 5.07. The van der Waals surface area contributed by atoms with Crippen LogP contribution in [-0.2, 0) is 0 Å². The lowest BCUT2D eigenvalue weighted by Crippen LogP contribution is -2.39. The van der Waals surface area contributed by atoms with Gasteiger partial charge in [0.05, 0.1) is 5.69 Å². The predicted octanol–water partition coefficient (Wildman–Crippen LogP) is 5.76. The summed E-state index contributed by atoms with van der Waals surface area (Å²) < 4.78 is 6.31. The number of anilines is 1. The average molecular weight is 349 g/mol. The summed E-state index contributed by atoms with van der Waals surface area (Å²) in [4.78, 5) is 9.42. The number of nitrogens with zero attached hydrogens (tertiary/aromatic N) is 3. The van der Waals surface area contributed by atoms with E-state index in [9.17, 15) is 0 Å².